The van der Waals surface area contributed by atoms with Gasteiger partial charge in [-0.05, 0) is 49.6 Å². The van der Waals surface area contributed by atoms with Gasteiger partial charge in [0.05, 0.1) is 6.42 Å². The molecule has 144 valence electrons. The van der Waals surface area contributed by atoms with Crippen LogP contribution in [-0.2, 0) is 17.0 Å². The number of benzene rings is 2. The number of hydrogen-bond acceptors (Lipinski definition) is 4. The lowest BCUT2D eigenvalue weighted by molar-refractivity contribution is -0.115. The number of carbonyl (C=O) groups is 1. The van der Waals surface area contributed by atoms with Crippen LogP contribution in [0.15, 0.2) is 58.5 Å². The lowest BCUT2D eigenvalue weighted by atomic mass is 10.1. The van der Waals surface area contributed by atoms with Crippen LogP contribution < -0.4 is 10.9 Å². The van der Waals surface area contributed by atoms with Crippen LogP contribution in [0, 0.1) is 20.8 Å². The molecule has 5 nitrogen and oxygen atoms in total. The second-order valence-corrected chi connectivity index (χ2v) is 7.70. The standard InChI is InChI=1S/C22H23N3O2S/c1-14-9-10-18(11-15(14)2)24-20(26)12-19-16(3)23-22(25-21(19)27)28-13-17-7-5-4-6-8-17/h4-11H,12-13H2,1-3H3,(H,24,26)(H,23,25,27). The monoisotopic (exact) mass is 393 g/mol. The maximum Gasteiger partial charge on any atom is 0.255 e. The van der Waals surface area contributed by atoms with Crippen LogP contribution in [0.5, 0.6) is 0 Å². The summed E-state index contributed by atoms with van der Waals surface area (Å²) in [5.41, 5.74) is 4.86. The minimum atomic E-state index is -0.265. The summed E-state index contributed by atoms with van der Waals surface area (Å²) in [7, 11) is 0. The van der Waals surface area contributed by atoms with Gasteiger partial charge in [0.25, 0.3) is 5.56 Å². The van der Waals surface area contributed by atoms with Crippen LogP contribution >= 0.6 is 11.8 Å². The van der Waals surface area contributed by atoms with Crippen LogP contribution in [-0.4, -0.2) is 15.9 Å². The van der Waals surface area contributed by atoms with Crippen molar-refractivity contribution < 1.29 is 4.79 Å². The van der Waals surface area contributed by atoms with Crippen LogP contribution in [0.25, 0.3) is 0 Å². The summed E-state index contributed by atoms with van der Waals surface area (Å²) in [5, 5.41) is 3.41. The number of aromatic amines is 1. The van der Waals surface area contributed by atoms with Gasteiger partial charge in [-0.25, -0.2) is 4.98 Å². The van der Waals surface area contributed by atoms with Crippen LogP contribution in [0.1, 0.15) is 27.9 Å². The fourth-order valence-electron chi connectivity index (χ4n) is 2.77. The summed E-state index contributed by atoms with van der Waals surface area (Å²) in [6.07, 6.45) is -0.00920. The molecule has 1 heterocycles. The Morgan fingerprint density at radius 1 is 1.07 bits per heavy atom. The zero-order valence-corrected chi connectivity index (χ0v) is 17.0. The molecular weight excluding hydrogens is 370 g/mol. The van der Waals surface area contributed by atoms with E-state index in [1.54, 1.807) is 6.92 Å². The fraction of sp³-hybridized carbons (Fsp3) is 0.227. The Balaban J connectivity index is 1.67. The van der Waals surface area contributed by atoms with Crippen molar-refractivity contribution in [2.75, 3.05) is 5.32 Å². The number of hydrogen-bond donors (Lipinski definition) is 2. The largest absolute Gasteiger partial charge is 0.326 e. The second kappa shape index (κ2) is 8.89. The normalized spacial score (nSPS) is 10.7. The molecule has 0 saturated heterocycles. The molecule has 28 heavy (non-hydrogen) atoms. The van der Waals surface area contributed by atoms with Gasteiger partial charge in [-0.15, -0.1) is 0 Å². The van der Waals surface area contributed by atoms with Crippen LogP contribution in [0.4, 0.5) is 5.69 Å². The summed E-state index contributed by atoms with van der Waals surface area (Å²) < 4.78 is 0. The Hall–Kier alpha value is -2.86. The SMILES string of the molecule is Cc1ccc(NC(=O)Cc2c(C)nc(SCc3ccccc3)[nH]c2=O)cc1C. The number of nitrogens with zero attached hydrogens (tertiary/aromatic N) is 1. The summed E-state index contributed by atoms with van der Waals surface area (Å²) in [4.78, 5) is 32.1. The Morgan fingerprint density at radius 2 is 1.82 bits per heavy atom. The molecule has 0 unspecified atom stereocenters. The molecule has 2 N–H and O–H groups in total. The summed E-state index contributed by atoms with van der Waals surface area (Å²) >= 11 is 1.47. The number of thioether (sulfide) groups is 1. The fourth-order valence-corrected chi connectivity index (χ4v) is 3.63. The molecule has 0 spiro atoms. The predicted octanol–water partition coefficient (Wildman–Crippen LogP) is 4.17. The van der Waals surface area contributed by atoms with Crippen molar-refractivity contribution in [2.24, 2.45) is 0 Å². The van der Waals surface area contributed by atoms with E-state index in [-0.39, 0.29) is 17.9 Å². The van der Waals surface area contributed by atoms with Gasteiger partial charge in [-0.1, -0.05) is 48.2 Å². The van der Waals surface area contributed by atoms with E-state index >= 15 is 0 Å². The summed E-state index contributed by atoms with van der Waals surface area (Å²) in [6.45, 7) is 5.78. The van der Waals surface area contributed by atoms with Gasteiger partial charge in [0.2, 0.25) is 5.91 Å². The average molecular weight is 394 g/mol. The van der Waals surface area contributed by atoms with Crippen molar-refractivity contribution in [2.45, 2.75) is 38.1 Å². The smallest absolute Gasteiger partial charge is 0.255 e. The molecule has 3 aromatic rings. The van der Waals surface area contributed by atoms with E-state index in [9.17, 15) is 9.59 Å². The van der Waals surface area contributed by atoms with E-state index in [0.717, 1.165) is 28.1 Å². The first-order valence-electron chi connectivity index (χ1n) is 9.06. The molecule has 0 aliphatic heterocycles. The number of H-pyrrole nitrogens is 1. The maximum atomic E-state index is 12.5. The van der Waals surface area contributed by atoms with Gasteiger partial charge in [0.1, 0.15) is 0 Å². The minimum absolute atomic E-state index is 0.00920. The lowest BCUT2D eigenvalue weighted by Crippen LogP contribution is -2.23. The number of aromatic nitrogens is 2. The van der Waals surface area contributed by atoms with Gasteiger partial charge in [-0.2, -0.15) is 0 Å². The molecule has 1 aromatic heterocycles. The van der Waals surface area contributed by atoms with Crippen molar-refractivity contribution in [1.82, 2.24) is 9.97 Å². The first kappa shape index (κ1) is 19.9. The topological polar surface area (TPSA) is 74.8 Å². The molecule has 0 aliphatic rings. The van der Waals surface area contributed by atoms with Crippen molar-refractivity contribution >= 4 is 23.4 Å². The molecule has 0 atom stereocenters. The molecule has 0 saturated carbocycles. The van der Waals surface area contributed by atoms with E-state index in [2.05, 4.69) is 15.3 Å². The van der Waals surface area contributed by atoms with Gasteiger partial charge in [-0.3, -0.25) is 9.59 Å². The summed E-state index contributed by atoms with van der Waals surface area (Å²) in [5.74, 6) is 0.485. The number of aryl methyl sites for hydroxylation is 3. The first-order valence-corrected chi connectivity index (χ1v) is 10.0. The molecule has 0 bridgehead atoms. The highest BCUT2D eigenvalue weighted by atomic mass is 32.2. The quantitative estimate of drug-likeness (QED) is 0.487. The molecule has 6 heteroatoms. The Bertz CT molecular complexity index is 1050. The third kappa shape index (κ3) is 5.10. The van der Waals surface area contributed by atoms with Crippen LogP contribution in [0.3, 0.4) is 0 Å². The maximum absolute atomic E-state index is 12.5. The van der Waals surface area contributed by atoms with Crippen molar-refractivity contribution in [3.63, 3.8) is 0 Å². The second-order valence-electron chi connectivity index (χ2n) is 6.73. The third-order valence-electron chi connectivity index (χ3n) is 4.55. The molecule has 0 fully saturated rings. The van der Waals surface area contributed by atoms with E-state index in [4.69, 9.17) is 0 Å². The molecule has 1 amide bonds. The predicted molar refractivity (Wildman–Crippen MR) is 114 cm³/mol. The van der Waals surface area contributed by atoms with Gasteiger partial charge >= 0.3 is 0 Å². The highest BCUT2D eigenvalue weighted by Gasteiger charge is 2.13. The number of amides is 1. The number of rotatable bonds is 6. The van der Waals surface area contributed by atoms with Gasteiger partial charge in [0.15, 0.2) is 5.16 Å². The zero-order valence-electron chi connectivity index (χ0n) is 16.2. The Labute approximate surface area is 168 Å². The highest BCUT2D eigenvalue weighted by molar-refractivity contribution is 7.98. The van der Waals surface area contributed by atoms with E-state index in [0.29, 0.717) is 16.4 Å². The molecule has 3 rings (SSSR count). The Kier molecular flexibility index (Phi) is 6.31. The first-order chi connectivity index (χ1) is 13.4. The number of anilines is 1. The van der Waals surface area contributed by atoms with E-state index < -0.39 is 0 Å². The number of carbonyl (C=O) groups excluding carboxylic acids is 1. The van der Waals surface area contributed by atoms with Gasteiger partial charge < -0.3 is 10.3 Å². The minimum Gasteiger partial charge on any atom is -0.326 e. The number of nitrogens with one attached hydrogen (secondary N) is 2. The van der Waals surface area contributed by atoms with Crippen molar-refractivity contribution in [3.8, 4) is 0 Å². The highest BCUT2D eigenvalue weighted by Crippen LogP contribution is 2.19. The van der Waals surface area contributed by atoms with E-state index in [1.165, 1.54) is 11.8 Å². The van der Waals surface area contributed by atoms with Gasteiger partial charge in [0, 0.05) is 22.7 Å². The molecule has 0 radical (unpaired) electrons. The van der Waals surface area contributed by atoms with Crippen LogP contribution in [0.2, 0.25) is 0 Å². The van der Waals surface area contributed by atoms with Crippen molar-refractivity contribution in [1.29, 1.82) is 0 Å². The zero-order chi connectivity index (χ0) is 20.1. The summed E-state index contributed by atoms with van der Waals surface area (Å²) in [6, 6.07) is 15.7. The average Bonchev–Trinajstić information content (AvgIpc) is 2.67. The van der Waals surface area contributed by atoms with Crippen molar-refractivity contribution in [3.05, 3.63) is 86.8 Å². The molecule has 0 aliphatic carbocycles. The molecule has 2 aromatic carbocycles. The van der Waals surface area contributed by atoms with E-state index in [1.807, 2.05) is 62.4 Å². The lowest BCUT2D eigenvalue weighted by Gasteiger charge is -2.09. The molecular formula is C22H23N3O2S. The third-order valence-corrected chi connectivity index (χ3v) is 5.49. The Morgan fingerprint density at radius 3 is 2.50 bits per heavy atom.